The van der Waals surface area contributed by atoms with Gasteiger partial charge in [0.1, 0.15) is 5.75 Å². The van der Waals surface area contributed by atoms with Crippen molar-refractivity contribution in [3.63, 3.8) is 0 Å². The van der Waals surface area contributed by atoms with Crippen LogP contribution in [0, 0.1) is 0 Å². The van der Waals surface area contributed by atoms with E-state index < -0.39 is 16.4 Å². The van der Waals surface area contributed by atoms with Gasteiger partial charge in [0.05, 0.1) is 8.07 Å². The Morgan fingerprint density at radius 1 is 0.680 bits per heavy atom. The first-order chi connectivity index (χ1) is 11.2. The van der Waals surface area contributed by atoms with Gasteiger partial charge < -0.3 is 4.43 Å². The third-order valence-corrected chi connectivity index (χ3v) is 16.5. The molecule has 0 spiro atoms. The number of rotatable bonds is 3. The highest BCUT2D eigenvalue weighted by atomic mass is 28.4. The van der Waals surface area contributed by atoms with Crippen LogP contribution in [0.1, 0.15) is 41.5 Å². The van der Waals surface area contributed by atoms with Gasteiger partial charge in [0, 0.05) is 5.39 Å². The lowest BCUT2D eigenvalue weighted by Crippen LogP contribution is -2.49. The minimum Gasteiger partial charge on any atom is -0.543 e. The van der Waals surface area contributed by atoms with E-state index in [9.17, 15) is 0 Å². The molecule has 0 aliphatic rings. The molecule has 0 heterocycles. The van der Waals surface area contributed by atoms with Gasteiger partial charge in [-0.3, -0.25) is 0 Å². The average Bonchev–Trinajstić information content (AvgIpc) is 2.44. The first kappa shape index (κ1) is 20.2. The summed E-state index contributed by atoms with van der Waals surface area (Å²) < 4.78 is 6.69. The molecule has 138 valence electrons. The third kappa shape index (κ3) is 3.73. The molecule has 3 heteroatoms. The van der Waals surface area contributed by atoms with Gasteiger partial charge in [-0.2, -0.15) is 0 Å². The first-order valence-corrected chi connectivity index (χ1v) is 15.3. The van der Waals surface area contributed by atoms with Crippen LogP contribution in [0.15, 0.2) is 36.4 Å². The number of hydrogen-bond donors (Lipinski definition) is 0. The Balaban J connectivity index is 2.65. The van der Waals surface area contributed by atoms with Crippen LogP contribution in [-0.2, 0) is 0 Å². The summed E-state index contributed by atoms with van der Waals surface area (Å²) in [5.74, 6) is 1.06. The zero-order chi connectivity index (χ0) is 19.3. The lowest BCUT2D eigenvalue weighted by Gasteiger charge is -2.39. The minimum atomic E-state index is -1.85. The summed E-state index contributed by atoms with van der Waals surface area (Å²) in [6.07, 6.45) is 0. The fourth-order valence-corrected chi connectivity index (χ4v) is 5.97. The van der Waals surface area contributed by atoms with Gasteiger partial charge in [0.15, 0.2) is 0 Å². The highest BCUT2D eigenvalue weighted by molar-refractivity contribution is 6.93. The zero-order valence-corrected chi connectivity index (χ0v) is 19.9. The van der Waals surface area contributed by atoms with Crippen LogP contribution in [-0.4, -0.2) is 16.4 Å². The molecule has 0 bridgehead atoms. The van der Waals surface area contributed by atoms with Crippen molar-refractivity contribution in [2.45, 2.75) is 77.8 Å². The van der Waals surface area contributed by atoms with Gasteiger partial charge in [0.25, 0.3) is 8.32 Å². The van der Waals surface area contributed by atoms with E-state index in [1.165, 1.54) is 16.0 Å². The van der Waals surface area contributed by atoms with Crippen molar-refractivity contribution in [1.29, 1.82) is 0 Å². The van der Waals surface area contributed by atoms with E-state index >= 15 is 0 Å². The molecule has 0 saturated carbocycles. The highest BCUT2D eigenvalue weighted by Gasteiger charge is 2.40. The smallest absolute Gasteiger partial charge is 0.250 e. The van der Waals surface area contributed by atoms with Crippen LogP contribution < -0.4 is 9.61 Å². The van der Waals surface area contributed by atoms with Gasteiger partial charge in [0.2, 0.25) is 0 Å². The second-order valence-corrected chi connectivity index (χ2v) is 20.4. The maximum absolute atomic E-state index is 6.69. The highest BCUT2D eigenvalue weighted by Crippen LogP contribution is 2.41. The third-order valence-electron chi connectivity index (χ3n) is 6.60. The Bertz CT molecular complexity index is 762. The second-order valence-electron chi connectivity index (χ2n) is 10.4. The lowest BCUT2D eigenvalue weighted by molar-refractivity contribution is 0.496. The molecule has 0 aliphatic heterocycles. The van der Waals surface area contributed by atoms with Crippen molar-refractivity contribution < 1.29 is 4.43 Å². The van der Waals surface area contributed by atoms with Crippen molar-refractivity contribution in [3.8, 4) is 5.75 Å². The normalized spacial score (nSPS) is 14.0. The largest absolute Gasteiger partial charge is 0.543 e. The van der Waals surface area contributed by atoms with Gasteiger partial charge in [-0.25, -0.2) is 0 Å². The topological polar surface area (TPSA) is 9.23 Å². The van der Waals surface area contributed by atoms with Crippen LogP contribution >= 0.6 is 0 Å². The molecule has 0 fully saturated rings. The molecule has 0 radical (unpaired) electrons. The Morgan fingerprint density at radius 2 is 1.20 bits per heavy atom. The molecule has 2 aromatic rings. The van der Waals surface area contributed by atoms with Crippen molar-refractivity contribution in [2.24, 2.45) is 0 Å². The zero-order valence-electron chi connectivity index (χ0n) is 17.9. The van der Waals surface area contributed by atoms with Crippen LogP contribution in [0.3, 0.4) is 0 Å². The molecule has 1 nitrogen and oxygen atoms in total. The van der Waals surface area contributed by atoms with Crippen LogP contribution in [0.4, 0.5) is 0 Å². The first-order valence-electron chi connectivity index (χ1n) is 9.40. The predicted octanol–water partition coefficient (Wildman–Crippen LogP) is 6.94. The fourth-order valence-electron chi connectivity index (χ4n) is 2.74. The summed E-state index contributed by atoms with van der Waals surface area (Å²) in [7, 11) is -3.46. The van der Waals surface area contributed by atoms with Gasteiger partial charge in [-0.1, -0.05) is 90.2 Å². The molecule has 0 saturated heterocycles. The SMILES string of the molecule is CC(C)(C)[Si](C)(C)Oc1ccc([Si](C)(C)C(C)(C)C)c2ccccc12. The van der Waals surface area contributed by atoms with E-state index in [1.54, 1.807) is 0 Å². The number of fused-ring (bicyclic) bond motifs is 1. The standard InChI is InChI=1S/C22H36OSi2/c1-21(2,3)24(7,8)20-16-15-19(17-13-11-12-14-18(17)20)23-25(9,10)22(4,5)6/h11-16H,1-10H3. The number of benzene rings is 2. The summed E-state index contributed by atoms with van der Waals surface area (Å²) in [6, 6.07) is 13.4. The molecule has 0 amide bonds. The van der Waals surface area contributed by atoms with Crippen molar-refractivity contribution >= 4 is 32.4 Å². The van der Waals surface area contributed by atoms with Crippen molar-refractivity contribution in [2.75, 3.05) is 0 Å². The Hall–Kier alpha value is -1.07. The predicted molar refractivity (Wildman–Crippen MR) is 119 cm³/mol. The van der Waals surface area contributed by atoms with E-state index in [1.807, 2.05) is 0 Å². The maximum atomic E-state index is 6.69. The van der Waals surface area contributed by atoms with Crippen LogP contribution in [0.5, 0.6) is 5.75 Å². The fraction of sp³-hybridized carbons (Fsp3) is 0.545. The van der Waals surface area contributed by atoms with Gasteiger partial charge >= 0.3 is 0 Å². The molecular weight excluding hydrogens is 336 g/mol. The molecule has 0 aromatic heterocycles. The lowest BCUT2D eigenvalue weighted by atomic mass is 10.1. The van der Waals surface area contributed by atoms with E-state index in [0.29, 0.717) is 5.04 Å². The Morgan fingerprint density at radius 3 is 1.68 bits per heavy atom. The maximum Gasteiger partial charge on any atom is 0.250 e. The minimum absolute atomic E-state index is 0.201. The van der Waals surface area contributed by atoms with Crippen molar-refractivity contribution in [3.05, 3.63) is 36.4 Å². The molecule has 2 rings (SSSR count). The van der Waals surface area contributed by atoms with E-state index in [4.69, 9.17) is 4.43 Å². The van der Waals surface area contributed by atoms with E-state index in [-0.39, 0.29) is 5.04 Å². The van der Waals surface area contributed by atoms with Crippen LogP contribution in [0.25, 0.3) is 10.8 Å². The van der Waals surface area contributed by atoms with E-state index in [0.717, 1.165) is 5.75 Å². The molecule has 0 N–H and O–H groups in total. The quantitative estimate of drug-likeness (QED) is 0.530. The average molecular weight is 373 g/mol. The molecular formula is C22H36OSi2. The summed E-state index contributed by atoms with van der Waals surface area (Å²) >= 11 is 0. The molecule has 25 heavy (non-hydrogen) atoms. The molecule has 2 aromatic carbocycles. The van der Waals surface area contributed by atoms with Crippen LogP contribution in [0.2, 0.25) is 36.3 Å². The second kappa shape index (κ2) is 6.27. The van der Waals surface area contributed by atoms with E-state index in [2.05, 4.69) is 104 Å². The van der Waals surface area contributed by atoms with Gasteiger partial charge in [-0.15, -0.1) is 0 Å². The summed E-state index contributed by atoms with van der Waals surface area (Å²) in [4.78, 5) is 0. The molecule has 0 aliphatic carbocycles. The summed E-state index contributed by atoms with van der Waals surface area (Å²) in [5.41, 5.74) is 0. The van der Waals surface area contributed by atoms with Gasteiger partial charge in [-0.05, 0) is 34.6 Å². The summed E-state index contributed by atoms with van der Waals surface area (Å²) in [6.45, 7) is 23.7. The number of hydrogen-bond acceptors (Lipinski definition) is 1. The summed E-state index contributed by atoms with van der Waals surface area (Å²) in [5, 5.41) is 4.71. The Kier molecular flexibility index (Phi) is 5.08. The molecule has 0 atom stereocenters. The van der Waals surface area contributed by atoms with Crippen molar-refractivity contribution in [1.82, 2.24) is 0 Å². The monoisotopic (exact) mass is 372 g/mol. The molecule has 0 unspecified atom stereocenters. The Labute approximate surface area is 156 Å².